The molecular formula is C24H26F6N4O2. The van der Waals surface area contributed by atoms with Crippen LogP contribution in [0.5, 0.6) is 5.75 Å². The molecule has 0 unspecified atom stereocenters. The van der Waals surface area contributed by atoms with Gasteiger partial charge in [-0.15, -0.1) is 13.2 Å². The normalized spacial score (nSPS) is 24.9. The quantitative estimate of drug-likeness (QED) is 0.537. The third-order valence-corrected chi connectivity index (χ3v) is 7.24. The van der Waals surface area contributed by atoms with Crippen LogP contribution in [-0.2, 0) is 11.7 Å². The Morgan fingerprint density at radius 3 is 2.28 bits per heavy atom. The molecule has 0 bridgehead atoms. The number of ether oxygens (including phenoxy) is 1. The number of alkyl halides is 6. The zero-order valence-corrected chi connectivity index (χ0v) is 19.9. The van der Waals surface area contributed by atoms with E-state index in [0.29, 0.717) is 36.9 Å². The Labute approximate surface area is 204 Å². The second kappa shape index (κ2) is 8.82. The van der Waals surface area contributed by atoms with E-state index < -0.39 is 35.3 Å². The number of urea groups is 1. The number of halogens is 6. The van der Waals surface area contributed by atoms with Crippen LogP contribution in [0.4, 0.5) is 36.8 Å². The molecule has 1 aromatic carbocycles. The number of nitrogens with one attached hydrogen (secondary N) is 1. The summed E-state index contributed by atoms with van der Waals surface area (Å²) in [6.07, 6.45) is -6.21. The highest BCUT2D eigenvalue weighted by Crippen LogP contribution is 2.47. The van der Waals surface area contributed by atoms with Gasteiger partial charge < -0.3 is 10.1 Å². The van der Waals surface area contributed by atoms with Crippen molar-refractivity contribution >= 4 is 11.7 Å². The molecule has 2 aromatic rings. The van der Waals surface area contributed by atoms with Crippen LogP contribution in [-0.4, -0.2) is 48.5 Å². The summed E-state index contributed by atoms with van der Waals surface area (Å²) in [7, 11) is 3.71. The first-order valence-electron chi connectivity index (χ1n) is 11.3. The largest absolute Gasteiger partial charge is 0.573 e. The van der Waals surface area contributed by atoms with E-state index in [0.717, 1.165) is 12.3 Å². The number of benzene rings is 1. The molecule has 12 heteroatoms. The predicted octanol–water partition coefficient (Wildman–Crippen LogP) is 5.61. The van der Waals surface area contributed by atoms with Crippen LogP contribution in [0, 0.1) is 6.92 Å². The molecule has 1 saturated carbocycles. The molecule has 2 amide bonds. The highest BCUT2D eigenvalue weighted by Gasteiger charge is 2.51. The molecule has 1 N–H and O–H groups in total. The Morgan fingerprint density at radius 2 is 1.72 bits per heavy atom. The molecule has 1 spiro atoms. The highest BCUT2D eigenvalue weighted by molar-refractivity contribution is 5.96. The van der Waals surface area contributed by atoms with Crippen molar-refractivity contribution in [3.8, 4) is 5.75 Å². The average Bonchev–Trinajstić information content (AvgIpc) is 3.08. The molecule has 0 atom stereocenters. The van der Waals surface area contributed by atoms with E-state index in [2.05, 4.69) is 15.0 Å². The van der Waals surface area contributed by atoms with Crippen molar-refractivity contribution in [1.82, 2.24) is 15.2 Å². The van der Waals surface area contributed by atoms with Crippen LogP contribution >= 0.6 is 0 Å². The fourth-order valence-corrected chi connectivity index (χ4v) is 5.29. The summed E-state index contributed by atoms with van der Waals surface area (Å²) < 4.78 is 81.4. The number of hydrogen-bond donors (Lipinski definition) is 1. The number of nitrogens with zero attached hydrogens (tertiary/aromatic N) is 3. The lowest BCUT2D eigenvalue weighted by Gasteiger charge is -2.48. The van der Waals surface area contributed by atoms with Gasteiger partial charge in [0.15, 0.2) is 0 Å². The van der Waals surface area contributed by atoms with E-state index in [9.17, 15) is 31.1 Å². The number of hydrogen-bond acceptors (Lipinski definition) is 4. The van der Waals surface area contributed by atoms with E-state index in [1.165, 1.54) is 30.0 Å². The highest BCUT2D eigenvalue weighted by atomic mass is 19.4. The van der Waals surface area contributed by atoms with Gasteiger partial charge in [-0.05, 0) is 76.0 Å². The third-order valence-electron chi connectivity index (χ3n) is 7.24. The van der Waals surface area contributed by atoms with Crippen molar-refractivity contribution in [3.63, 3.8) is 0 Å². The second-order valence-corrected chi connectivity index (χ2v) is 9.65. The van der Waals surface area contributed by atoms with Gasteiger partial charge in [-0.25, -0.2) is 9.78 Å². The SMILES string of the molecule is Cc1cc(C(F)(F)F)ncc1N1C[C@]2(CC[C@@](c3cccc(OC(F)(F)F)c3)(N(C)C)CC2)NC1=O. The van der Waals surface area contributed by atoms with Crippen LogP contribution in [0.2, 0.25) is 0 Å². The van der Waals surface area contributed by atoms with Crippen LogP contribution < -0.4 is 15.0 Å². The summed E-state index contributed by atoms with van der Waals surface area (Å²) in [6.45, 7) is 1.75. The minimum atomic E-state index is -4.80. The lowest BCUT2D eigenvalue weighted by molar-refractivity contribution is -0.274. The lowest BCUT2D eigenvalue weighted by atomic mass is 9.69. The first-order chi connectivity index (χ1) is 16.6. The van der Waals surface area contributed by atoms with Crippen LogP contribution in [0.15, 0.2) is 36.5 Å². The minimum absolute atomic E-state index is 0.250. The fourth-order valence-electron chi connectivity index (χ4n) is 5.29. The Balaban J connectivity index is 1.55. The van der Waals surface area contributed by atoms with Crippen LogP contribution in [0.25, 0.3) is 0 Å². The molecule has 2 heterocycles. The molecule has 36 heavy (non-hydrogen) atoms. The van der Waals surface area contributed by atoms with E-state index in [1.807, 2.05) is 19.0 Å². The average molecular weight is 516 g/mol. The molecule has 1 aromatic heterocycles. The van der Waals surface area contributed by atoms with Gasteiger partial charge in [0.1, 0.15) is 11.4 Å². The third kappa shape index (κ3) is 4.95. The van der Waals surface area contributed by atoms with Crippen LogP contribution in [0.1, 0.15) is 42.5 Å². The Hall–Kier alpha value is -3.02. The van der Waals surface area contributed by atoms with Crippen molar-refractivity contribution in [2.24, 2.45) is 0 Å². The smallest absolute Gasteiger partial charge is 0.406 e. The molecule has 0 radical (unpaired) electrons. The maximum Gasteiger partial charge on any atom is 0.573 e. The predicted molar refractivity (Wildman–Crippen MR) is 120 cm³/mol. The standard InChI is InChI=1S/C24H26F6N4O2/c1-15-11-19(23(25,26)27)31-13-18(15)34-14-21(32-20(34)35)7-9-22(10-8-21,33(2)3)16-5-4-6-17(12-16)36-24(28,29)30/h4-6,11-13H,7-10,14H2,1-3H3,(H,32,35)/t21-,22-. The first kappa shape index (κ1) is 26.1. The summed E-state index contributed by atoms with van der Waals surface area (Å²) in [5, 5.41) is 3.01. The van der Waals surface area contributed by atoms with Gasteiger partial charge in [-0.1, -0.05) is 12.1 Å². The summed E-state index contributed by atoms with van der Waals surface area (Å²) in [5.74, 6) is -0.299. The maximum atomic E-state index is 13.0. The number of aromatic nitrogens is 1. The zero-order valence-electron chi connectivity index (χ0n) is 19.9. The second-order valence-electron chi connectivity index (χ2n) is 9.65. The van der Waals surface area contributed by atoms with Gasteiger partial charge in [0.05, 0.1) is 24.0 Å². The first-order valence-corrected chi connectivity index (χ1v) is 11.3. The number of rotatable bonds is 4. The fraction of sp³-hybridized carbons (Fsp3) is 0.500. The van der Waals surface area contributed by atoms with Crippen LogP contribution in [0.3, 0.4) is 0 Å². The minimum Gasteiger partial charge on any atom is -0.406 e. The van der Waals surface area contributed by atoms with Crippen molar-refractivity contribution in [3.05, 3.63) is 53.3 Å². The summed E-state index contributed by atoms with van der Waals surface area (Å²) in [5.41, 5.74) is -0.967. The zero-order chi connectivity index (χ0) is 26.5. The number of carbonyl (C=O) groups excluding carboxylic acids is 1. The molecule has 6 nitrogen and oxygen atoms in total. The van der Waals surface area contributed by atoms with E-state index >= 15 is 0 Å². The summed E-state index contributed by atoms with van der Waals surface area (Å²) in [4.78, 5) is 19.7. The van der Waals surface area contributed by atoms with E-state index in [-0.39, 0.29) is 17.9 Å². The topological polar surface area (TPSA) is 57.7 Å². The Bertz CT molecular complexity index is 1140. The Kier molecular flexibility index (Phi) is 6.39. The molecule has 1 saturated heterocycles. The van der Waals surface area contributed by atoms with Crippen molar-refractivity contribution in [2.75, 3.05) is 25.5 Å². The van der Waals surface area contributed by atoms with Gasteiger partial charge in [-0.3, -0.25) is 9.80 Å². The summed E-state index contributed by atoms with van der Waals surface area (Å²) >= 11 is 0. The molecule has 1 aliphatic carbocycles. The molecule has 196 valence electrons. The van der Waals surface area contributed by atoms with Gasteiger partial charge in [0.25, 0.3) is 0 Å². The van der Waals surface area contributed by atoms with Gasteiger partial charge in [0.2, 0.25) is 0 Å². The van der Waals surface area contributed by atoms with Crippen molar-refractivity contribution in [1.29, 1.82) is 0 Å². The van der Waals surface area contributed by atoms with Crippen molar-refractivity contribution < 1.29 is 35.9 Å². The van der Waals surface area contributed by atoms with Gasteiger partial charge in [-0.2, -0.15) is 13.2 Å². The molecule has 4 rings (SSSR count). The molecule has 2 aliphatic rings. The maximum absolute atomic E-state index is 13.0. The van der Waals surface area contributed by atoms with Gasteiger partial charge in [0, 0.05) is 5.54 Å². The van der Waals surface area contributed by atoms with E-state index in [4.69, 9.17) is 0 Å². The monoisotopic (exact) mass is 516 g/mol. The van der Waals surface area contributed by atoms with Gasteiger partial charge >= 0.3 is 18.6 Å². The molecule has 2 fully saturated rings. The Morgan fingerprint density at radius 1 is 1.06 bits per heavy atom. The number of anilines is 1. The summed E-state index contributed by atoms with van der Waals surface area (Å²) in [6, 6.07) is 6.42. The number of pyridine rings is 1. The molecular weight excluding hydrogens is 490 g/mol. The van der Waals surface area contributed by atoms with Crippen molar-refractivity contribution in [2.45, 2.75) is 56.2 Å². The van der Waals surface area contributed by atoms with E-state index in [1.54, 1.807) is 6.07 Å². The molecule has 1 aliphatic heterocycles. The number of carbonyl (C=O) groups is 1. The lowest BCUT2D eigenvalue weighted by Crippen LogP contribution is -2.54. The number of amides is 2. The number of aryl methyl sites for hydroxylation is 1.